The predicted octanol–water partition coefficient (Wildman–Crippen LogP) is 1.08. The van der Waals surface area contributed by atoms with Crippen LogP contribution in [0.2, 0.25) is 0 Å². The van der Waals surface area contributed by atoms with Crippen LogP contribution in [0.15, 0.2) is 0 Å². The van der Waals surface area contributed by atoms with E-state index in [2.05, 4.69) is 0 Å². The number of carbonyl (C=O) groups is 2. The molecule has 1 unspecified atom stereocenters. The molecular formula is C9H15NO4. The lowest BCUT2D eigenvalue weighted by molar-refractivity contribution is -0.138. The zero-order valence-corrected chi connectivity index (χ0v) is 8.23. The lowest BCUT2D eigenvalue weighted by atomic mass is 10.1. The molecule has 1 aliphatic rings. The summed E-state index contributed by atoms with van der Waals surface area (Å²) < 4.78 is 4.85. The highest BCUT2D eigenvalue weighted by Crippen LogP contribution is 2.14. The summed E-state index contributed by atoms with van der Waals surface area (Å²) in [6, 6.07) is -0.236. The van der Waals surface area contributed by atoms with Gasteiger partial charge in [0, 0.05) is 12.6 Å². The van der Waals surface area contributed by atoms with Crippen LogP contribution in [0.1, 0.15) is 26.2 Å². The van der Waals surface area contributed by atoms with Crippen LogP contribution in [0.3, 0.4) is 0 Å². The number of amides is 1. The third kappa shape index (κ3) is 2.61. The number of rotatable bonds is 4. The van der Waals surface area contributed by atoms with E-state index in [-0.39, 0.29) is 18.6 Å². The van der Waals surface area contributed by atoms with Crippen LogP contribution in [0.5, 0.6) is 0 Å². The van der Waals surface area contributed by atoms with Crippen molar-refractivity contribution in [2.24, 2.45) is 0 Å². The van der Waals surface area contributed by atoms with Gasteiger partial charge in [-0.1, -0.05) is 6.92 Å². The number of ether oxygens (including phenoxy) is 1. The Kier molecular flexibility index (Phi) is 3.73. The molecule has 0 saturated carbocycles. The summed E-state index contributed by atoms with van der Waals surface area (Å²) in [7, 11) is 0. The number of carboxylic acid groups (broad SMARTS) is 1. The molecule has 0 aromatic carbocycles. The Morgan fingerprint density at radius 3 is 2.93 bits per heavy atom. The quantitative estimate of drug-likeness (QED) is 0.739. The van der Waals surface area contributed by atoms with Gasteiger partial charge in [-0.05, 0) is 12.8 Å². The van der Waals surface area contributed by atoms with Gasteiger partial charge in [0.2, 0.25) is 0 Å². The highest BCUT2D eigenvalue weighted by Gasteiger charge is 2.27. The Balaban J connectivity index is 2.57. The molecule has 1 heterocycles. The Bertz CT molecular complexity index is 229. The molecule has 0 aromatic rings. The summed E-state index contributed by atoms with van der Waals surface area (Å²) in [6.07, 6.45) is 1.03. The van der Waals surface area contributed by atoms with Crippen molar-refractivity contribution >= 4 is 12.1 Å². The second-order valence-corrected chi connectivity index (χ2v) is 3.32. The first kappa shape index (κ1) is 10.8. The summed E-state index contributed by atoms with van der Waals surface area (Å²) in [5, 5.41) is 8.65. The van der Waals surface area contributed by atoms with Crippen molar-refractivity contribution in [3.63, 3.8) is 0 Å². The van der Waals surface area contributed by atoms with Crippen molar-refractivity contribution in [1.29, 1.82) is 0 Å². The molecule has 0 aromatic heterocycles. The van der Waals surface area contributed by atoms with E-state index >= 15 is 0 Å². The highest BCUT2D eigenvalue weighted by atomic mass is 16.6. The smallest absolute Gasteiger partial charge is 0.410 e. The molecular weight excluding hydrogens is 186 g/mol. The van der Waals surface area contributed by atoms with Crippen molar-refractivity contribution in [2.45, 2.75) is 32.2 Å². The third-order valence-electron chi connectivity index (χ3n) is 2.33. The normalized spacial score (nSPS) is 18.9. The topological polar surface area (TPSA) is 66.8 Å². The second kappa shape index (κ2) is 4.83. The van der Waals surface area contributed by atoms with Gasteiger partial charge in [0.25, 0.3) is 0 Å². The maximum absolute atomic E-state index is 11.3. The number of carboxylic acids is 1. The van der Waals surface area contributed by atoms with Crippen LogP contribution in [0, 0.1) is 0 Å². The van der Waals surface area contributed by atoms with Crippen LogP contribution in [0.25, 0.3) is 0 Å². The van der Waals surface area contributed by atoms with E-state index in [9.17, 15) is 9.59 Å². The van der Waals surface area contributed by atoms with Gasteiger partial charge in [0.15, 0.2) is 0 Å². The van der Waals surface area contributed by atoms with Crippen molar-refractivity contribution in [2.75, 3.05) is 13.2 Å². The molecule has 1 fully saturated rings. The molecule has 0 spiro atoms. The summed E-state index contributed by atoms with van der Waals surface area (Å²) in [5.74, 6) is -0.879. The van der Waals surface area contributed by atoms with E-state index in [1.807, 2.05) is 6.92 Å². The molecule has 1 amide bonds. The average Bonchev–Trinajstić information content (AvgIpc) is 2.15. The summed E-state index contributed by atoms with van der Waals surface area (Å²) in [4.78, 5) is 23.3. The SMILES string of the molecule is CCC(CC(=O)O)N1CCCOC1=O. The second-order valence-electron chi connectivity index (χ2n) is 3.32. The fraction of sp³-hybridized carbons (Fsp3) is 0.778. The molecule has 0 aliphatic carbocycles. The van der Waals surface area contributed by atoms with Gasteiger partial charge >= 0.3 is 12.1 Å². The first-order valence-corrected chi connectivity index (χ1v) is 4.80. The molecule has 1 aliphatic heterocycles. The van der Waals surface area contributed by atoms with E-state index < -0.39 is 5.97 Å². The van der Waals surface area contributed by atoms with E-state index in [1.54, 1.807) is 0 Å². The minimum absolute atomic E-state index is 0.00833. The van der Waals surface area contributed by atoms with Crippen LogP contribution < -0.4 is 0 Å². The molecule has 0 radical (unpaired) electrons. The number of cyclic esters (lactones) is 1. The minimum atomic E-state index is -0.879. The van der Waals surface area contributed by atoms with Gasteiger partial charge in [-0.2, -0.15) is 0 Å². The van der Waals surface area contributed by atoms with Crippen LogP contribution >= 0.6 is 0 Å². The molecule has 80 valence electrons. The van der Waals surface area contributed by atoms with Gasteiger partial charge < -0.3 is 14.7 Å². The maximum atomic E-state index is 11.3. The molecule has 1 saturated heterocycles. The monoisotopic (exact) mass is 201 g/mol. The van der Waals surface area contributed by atoms with Crippen molar-refractivity contribution in [3.8, 4) is 0 Å². The Morgan fingerprint density at radius 2 is 2.43 bits per heavy atom. The molecule has 1 atom stereocenters. The van der Waals surface area contributed by atoms with E-state index in [0.717, 1.165) is 6.42 Å². The fourth-order valence-electron chi connectivity index (χ4n) is 1.58. The molecule has 5 heteroatoms. The maximum Gasteiger partial charge on any atom is 0.410 e. The van der Waals surface area contributed by atoms with E-state index in [1.165, 1.54) is 4.90 Å². The summed E-state index contributed by atoms with van der Waals surface area (Å²) in [6.45, 7) is 2.92. The highest BCUT2D eigenvalue weighted by molar-refractivity contribution is 5.71. The van der Waals surface area contributed by atoms with Crippen LogP contribution in [-0.4, -0.2) is 41.3 Å². The largest absolute Gasteiger partial charge is 0.481 e. The van der Waals surface area contributed by atoms with Crippen molar-refractivity contribution < 1.29 is 19.4 Å². The number of carbonyl (C=O) groups excluding carboxylic acids is 1. The molecule has 0 bridgehead atoms. The zero-order valence-electron chi connectivity index (χ0n) is 8.23. The summed E-state index contributed by atoms with van der Waals surface area (Å²) in [5.41, 5.74) is 0. The number of aliphatic carboxylic acids is 1. The molecule has 5 nitrogen and oxygen atoms in total. The van der Waals surface area contributed by atoms with E-state index in [0.29, 0.717) is 19.6 Å². The lowest BCUT2D eigenvalue weighted by Gasteiger charge is -2.32. The van der Waals surface area contributed by atoms with Crippen molar-refractivity contribution in [1.82, 2.24) is 4.90 Å². The standard InChI is InChI=1S/C9H15NO4/c1-2-7(6-8(11)12)10-4-3-5-14-9(10)13/h7H,2-6H2,1H3,(H,11,12). The van der Waals surface area contributed by atoms with Crippen LogP contribution in [0.4, 0.5) is 4.79 Å². The lowest BCUT2D eigenvalue weighted by Crippen LogP contribution is -2.45. The summed E-state index contributed by atoms with van der Waals surface area (Å²) >= 11 is 0. The molecule has 14 heavy (non-hydrogen) atoms. The zero-order chi connectivity index (χ0) is 10.6. The first-order valence-electron chi connectivity index (χ1n) is 4.80. The van der Waals surface area contributed by atoms with Crippen molar-refractivity contribution in [3.05, 3.63) is 0 Å². The number of hydrogen-bond acceptors (Lipinski definition) is 3. The Morgan fingerprint density at radius 1 is 1.71 bits per heavy atom. The molecule has 1 N–H and O–H groups in total. The first-order chi connectivity index (χ1) is 6.65. The Hall–Kier alpha value is -1.26. The van der Waals surface area contributed by atoms with Gasteiger partial charge in [0.1, 0.15) is 0 Å². The molecule has 1 rings (SSSR count). The van der Waals surface area contributed by atoms with Gasteiger partial charge in [0.05, 0.1) is 13.0 Å². The van der Waals surface area contributed by atoms with Gasteiger partial charge in [-0.3, -0.25) is 4.79 Å². The van der Waals surface area contributed by atoms with Gasteiger partial charge in [-0.15, -0.1) is 0 Å². The Labute approximate surface area is 82.6 Å². The van der Waals surface area contributed by atoms with E-state index in [4.69, 9.17) is 9.84 Å². The predicted molar refractivity (Wildman–Crippen MR) is 49.0 cm³/mol. The average molecular weight is 201 g/mol. The minimum Gasteiger partial charge on any atom is -0.481 e. The number of nitrogens with zero attached hydrogens (tertiary/aromatic N) is 1. The number of hydrogen-bond donors (Lipinski definition) is 1. The van der Waals surface area contributed by atoms with Crippen LogP contribution in [-0.2, 0) is 9.53 Å². The fourth-order valence-corrected chi connectivity index (χ4v) is 1.58. The van der Waals surface area contributed by atoms with Gasteiger partial charge in [-0.25, -0.2) is 4.79 Å². The third-order valence-corrected chi connectivity index (χ3v) is 2.33.